The first-order valence-electron chi connectivity index (χ1n) is 6.56. The first kappa shape index (κ1) is 14.0. The van der Waals surface area contributed by atoms with Gasteiger partial charge in [0.2, 0.25) is 0 Å². The summed E-state index contributed by atoms with van der Waals surface area (Å²) >= 11 is 3.44. The zero-order valence-electron chi connectivity index (χ0n) is 11.5. The predicted octanol–water partition coefficient (Wildman–Crippen LogP) is 4.09. The largest absolute Gasteiger partial charge is 0.496 e. The molecular weight excluding hydrogens is 330 g/mol. The van der Waals surface area contributed by atoms with E-state index in [0.717, 1.165) is 26.5 Å². The Morgan fingerprint density at radius 3 is 2.76 bits per heavy atom. The number of methoxy groups -OCH3 is 1. The molecule has 0 bridgehead atoms. The normalized spacial score (nSPS) is 12.3. The van der Waals surface area contributed by atoms with E-state index < -0.39 is 6.10 Å². The molecule has 21 heavy (non-hydrogen) atoms. The molecule has 1 heterocycles. The van der Waals surface area contributed by atoms with Crippen molar-refractivity contribution in [2.75, 3.05) is 7.11 Å². The molecule has 0 amide bonds. The molecule has 0 aliphatic rings. The number of halogens is 1. The molecule has 1 N–H and O–H groups in total. The van der Waals surface area contributed by atoms with Crippen molar-refractivity contribution in [2.45, 2.75) is 6.10 Å². The van der Waals surface area contributed by atoms with Gasteiger partial charge in [0.05, 0.1) is 12.6 Å². The number of aliphatic hydroxyl groups excluding tert-OH is 1. The summed E-state index contributed by atoms with van der Waals surface area (Å²) < 4.78 is 6.26. The van der Waals surface area contributed by atoms with E-state index in [9.17, 15) is 5.11 Å². The fourth-order valence-corrected chi connectivity index (χ4v) is 2.83. The Hall–Kier alpha value is -1.91. The number of pyridine rings is 1. The number of aromatic nitrogens is 1. The van der Waals surface area contributed by atoms with Crippen molar-refractivity contribution in [1.29, 1.82) is 0 Å². The maximum atomic E-state index is 10.8. The van der Waals surface area contributed by atoms with Gasteiger partial charge in [-0.3, -0.25) is 4.98 Å². The van der Waals surface area contributed by atoms with Gasteiger partial charge in [-0.05, 0) is 35.9 Å². The van der Waals surface area contributed by atoms with Gasteiger partial charge in [0.15, 0.2) is 0 Å². The minimum absolute atomic E-state index is 0.659. The van der Waals surface area contributed by atoms with E-state index in [-0.39, 0.29) is 0 Å². The molecule has 1 aromatic heterocycles. The maximum Gasteiger partial charge on any atom is 0.125 e. The van der Waals surface area contributed by atoms with Crippen molar-refractivity contribution in [1.82, 2.24) is 4.98 Å². The van der Waals surface area contributed by atoms with Crippen LogP contribution in [0.25, 0.3) is 10.9 Å². The highest BCUT2D eigenvalue weighted by atomic mass is 79.9. The Balaban J connectivity index is 2.17. The molecule has 3 nitrogen and oxygen atoms in total. The molecule has 0 fully saturated rings. The highest BCUT2D eigenvalue weighted by Gasteiger charge is 2.18. The minimum Gasteiger partial charge on any atom is -0.496 e. The van der Waals surface area contributed by atoms with Crippen LogP contribution in [0.5, 0.6) is 5.75 Å². The van der Waals surface area contributed by atoms with Gasteiger partial charge < -0.3 is 9.84 Å². The number of fused-ring (bicyclic) bond motifs is 1. The molecule has 1 unspecified atom stereocenters. The van der Waals surface area contributed by atoms with Gasteiger partial charge in [0.1, 0.15) is 11.9 Å². The quantitative estimate of drug-likeness (QED) is 0.778. The standard InChI is InChI=1S/C17H14BrNO2/c1-21-16-8-7-11(18)10-14(16)17(20)13-4-2-6-15-12(13)5-3-9-19-15/h2-10,17,20H,1H3. The molecule has 0 saturated heterocycles. The van der Waals surface area contributed by atoms with Crippen molar-refractivity contribution < 1.29 is 9.84 Å². The molecule has 0 spiro atoms. The molecule has 0 aliphatic carbocycles. The lowest BCUT2D eigenvalue weighted by atomic mass is 9.97. The lowest BCUT2D eigenvalue weighted by Crippen LogP contribution is -2.03. The lowest BCUT2D eigenvalue weighted by molar-refractivity contribution is 0.216. The molecule has 106 valence electrons. The summed E-state index contributed by atoms with van der Waals surface area (Å²) in [7, 11) is 1.60. The van der Waals surface area contributed by atoms with E-state index in [0.29, 0.717) is 5.75 Å². The summed E-state index contributed by atoms with van der Waals surface area (Å²) in [4.78, 5) is 4.33. The third kappa shape index (κ3) is 2.64. The number of nitrogens with zero attached hydrogens (tertiary/aromatic N) is 1. The van der Waals surface area contributed by atoms with Gasteiger partial charge in [-0.1, -0.05) is 34.1 Å². The summed E-state index contributed by atoms with van der Waals surface area (Å²) in [6.45, 7) is 0. The van der Waals surface area contributed by atoms with Crippen molar-refractivity contribution in [3.05, 3.63) is 70.3 Å². The molecule has 4 heteroatoms. The van der Waals surface area contributed by atoms with Gasteiger partial charge >= 0.3 is 0 Å². The maximum absolute atomic E-state index is 10.8. The van der Waals surface area contributed by atoms with Crippen molar-refractivity contribution in [3.63, 3.8) is 0 Å². The summed E-state index contributed by atoms with van der Waals surface area (Å²) in [6, 6.07) is 15.2. The van der Waals surface area contributed by atoms with Crippen LogP contribution in [0.4, 0.5) is 0 Å². The second-order valence-corrected chi connectivity index (χ2v) is 5.62. The van der Waals surface area contributed by atoms with Crippen LogP contribution in [-0.2, 0) is 0 Å². The molecular formula is C17H14BrNO2. The van der Waals surface area contributed by atoms with E-state index in [1.54, 1.807) is 13.3 Å². The Morgan fingerprint density at radius 2 is 1.95 bits per heavy atom. The number of benzene rings is 2. The summed E-state index contributed by atoms with van der Waals surface area (Å²) in [5.41, 5.74) is 2.41. The van der Waals surface area contributed by atoms with Gasteiger partial charge in [0, 0.05) is 21.6 Å². The number of hydrogen-bond donors (Lipinski definition) is 1. The first-order valence-corrected chi connectivity index (χ1v) is 7.35. The molecule has 1 atom stereocenters. The van der Waals surface area contributed by atoms with Crippen molar-refractivity contribution >= 4 is 26.8 Å². The highest BCUT2D eigenvalue weighted by Crippen LogP contribution is 2.34. The van der Waals surface area contributed by atoms with Crippen LogP contribution in [0.1, 0.15) is 17.2 Å². The average Bonchev–Trinajstić information content (AvgIpc) is 2.53. The topological polar surface area (TPSA) is 42.4 Å². The van der Waals surface area contributed by atoms with Crippen LogP contribution in [-0.4, -0.2) is 17.2 Å². The number of hydrogen-bond acceptors (Lipinski definition) is 3. The van der Waals surface area contributed by atoms with E-state index in [1.807, 2.05) is 48.5 Å². The van der Waals surface area contributed by atoms with E-state index in [4.69, 9.17) is 4.74 Å². The molecule has 0 saturated carbocycles. The van der Waals surface area contributed by atoms with Crippen LogP contribution >= 0.6 is 15.9 Å². The Morgan fingerprint density at radius 1 is 1.10 bits per heavy atom. The molecule has 0 radical (unpaired) electrons. The van der Waals surface area contributed by atoms with Crippen molar-refractivity contribution in [3.8, 4) is 5.75 Å². The van der Waals surface area contributed by atoms with Crippen LogP contribution in [0.3, 0.4) is 0 Å². The van der Waals surface area contributed by atoms with Gasteiger partial charge in [-0.25, -0.2) is 0 Å². The fraction of sp³-hybridized carbons (Fsp3) is 0.118. The highest BCUT2D eigenvalue weighted by molar-refractivity contribution is 9.10. The van der Waals surface area contributed by atoms with E-state index in [1.165, 1.54) is 0 Å². The van der Waals surface area contributed by atoms with E-state index in [2.05, 4.69) is 20.9 Å². The number of aliphatic hydroxyl groups is 1. The molecule has 0 aliphatic heterocycles. The fourth-order valence-electron chi connectivity index (χ4n) is 2.45. The monoisotopic (exact) mass is 343 g/mol. The predicted molar refractivity (Wildman–Crippen MR) is 86.5 cm³/mol. The molecule has 3 aromatic rings. The SMILES string of the molecule is COc1ccc(Br)cc1C(O)c1cccc2ncccc12. The van der Waals surface area contributed by atoms with Crippen LogP contribution in [0, 0.1) is 0 Å². The van der Waals surface area contributed by atoms with Gasteiger partial charge in [0.25, 0.3) is 0 Å². The van der Waals surface area contributed by atoms with Crippen LogP contribution in [0.15, 0.2) is 59.2 Å². The van der Waals surface area contributed by atoms with Crippen molar-refractivity contribution in [2.24, 2.45) is 0 Å². The third-order valence-electron chi connectivity index (χ3n) is 3.46. The van der Waals surface area contributed by atoms with Gasteiger partial charge in [-0.2, -0.15) is 0 Å². The third-order valence-corrected chi connectivity index (χ3v) is 3.95. The Kier molecular flexibility index (Phi) is 3.90. The smallest absolute Gasteiger partial charge is 0.125 e. The zero-order chi connectivity index (χ0) is 14.8. The molecule has 2 aromatic carbocycles. The van der Waals surface area contributed by atoms with Gasteiger partial charge in [-0.15, -0.1) is 0 Å². The van der Waals surface area contributed by atoms with Crippen LogP contribution < -0.4 is 4.74 Å². The second-order valence-electron chi connectivity index (χ2n) is 4.71. The lowest BCUT2D eigenvalue weighted by Gasteiger charge is -2.17. The number of ether oxygens (including phenoxy) is 1. The minimum atomic E-state index is -0.773. The summed E-state index contributed by atoms with van der Waals surface area (Å²) in [5.74, 6) is 0.659. The first-order chi connectivity index (χ1) is 10.2. The Labute approximate surface area is 131 Å². The Bertz CT molecular complexity index is 783. The van der Waals surface area contributed by atoms with E-state index >= 15 is 0 Å². The zero-order valence-corrected chi connectivity index (χ0v) is 13.0. The summed E-state index contributed by atoms with van der Waals surface area (Å²) in [5, 5.41) is 11.7. The average molecular weight is 344 g/mol. The molecule has 3 rings (SSSR count). The van der Waals surface area contributed by atoms with Crippen LogP contribution in [0.2, 0.25) is 0 Å². The summed E-state index contributed by atoms with van der Waals surface area (Å²) in [6.07, 6.45) is 0.975. The second kappa shape index (κ2) is 5.84. The number of rotatable bonds is 3.